The number of aryl methyl sites for hydroxylation is 2. The van der Waals surface area contributed by atoms with Gasteiger partial charge in [0.2, 0.25) is 0 Å². The van der Waals surface area contributed by atoms with Crippen LogP contribution in [0.4, 0.5) is 0 Å². The zero-order valence-electron chi connectivity index (χ0n) is 13.3. The minimum Gasteiger partial charge on any atom is -0.316 e. The van der Waals surface area contributed by atoms with Crippen molar-refractivity contribution in [2.75, 3.05) is 0 Å². The first kappa shape index (κ1) is 13.8. The van der Waals surface area contributed by atoms with Gasteiger partial charge in [0.15, 0.2) is 0 Å². The van der Waals surface area contributed by atoms with Crippen LogP contribution < -0.4 is 0 Å². The molecule has 23 heavy (non-hydrogen) atoms. The van der Waals surface area contributed by atoms with Gasteiger partial charge in [0.05, 0.1) is 11.2 Å². The predicted octanol–water partition coefficient (Wildman–Crippen LogP) is 5.31. The molecule has 0 unspecified atom stereocenters. The normalized spacial score (nSPS) is 11.0. The highest BCUT2D eigenvalue weighted by Crippen LogP contribution is 2.31. The Labute approximate surface area is 136 Å². The van der Waals surface area contributed by atoms with Crippen LogP contribution in [-0.4, -0.2) is 9.55 Å². The first-order valence-corrected chi connectivity index (χ1v) is 7.84. The highest BCUT2D eigenvalue weighted by Gasteiger charge is 2.11. The molecule has 0 saturated heterocycles. The summed E-state index contributed by atoms with van der Waals surface area (Å²) in [7, 11) is 0. The monoisotopic (exact) mass is 298 g/mol. The average Bonchev–Trinajstić information content (AvgIpc) is 2.93. The van der Waals surface area contributed by atoms with Gasteiger partial charge in [-0.1, -0.05) is 42.5 Å². The standard InChI is InChI=1S/C21H18N2/c1-15-11-12-16(2)23(15)20-10-6-9-19-18(13-14-22-21(19)20)17-7-4-3-5-8-17/h3-14H,1-2H3. The van der Waals surface area contributed by atoms with Gasteiger partial charge in [0, 0.05) is 23.0 Å². The van der Waals surface area contributed by atoms with Crippen molar-refractivity contribution in [2.24, 2.45) is 0 Å². The molecule has 0 bridgehead atoms. The molecule has 112 valence electrons. The summed E-state index contributed by atoms with van der Waals surface area (Å²) in [5, 5.41) is 1.18. The van der Waals surface area contributed by atoms with E-state index in [1.165, 1.54) is 27.9 Å². The Morgan fingerprint density at radius 3 is 2.22 bits per heavy atom. The fourth-order valence-electron chi connectivity index (χ4n) is 3.26. The third kappa shape index (κ3) is 2.23. The zero-order chi connectivity index (χ0) is 15.8. The van der Waals surface area contributed by atoms with E-state index in [9.17, 15) is 0 Å². The molecule has 0 radical (unpaired) electrons. The minimum atomic E-state index is 1.04. The molecule has 0 aliphatic heterocycles. The van der Waals surface area contributed by atoms with Gasteiger partial charge in [-0.2, -0.15) is 0 Å². The lowest BCUT2D eigenvalue weighted by Gasteiger charge is -2.14. The number of aromatic nitrogens is 2. The van der Waals surface area contributed by atoms with E-state index >= 15 is 0 Å². The van der Waals surface area contributed by atoms with Gasteiger partial charge in [-0.25, -0.2) is 0 Å². The zero-order valence-corrected chi connectivity index (χ0v) is 13.3. The molecule has 2 aromatic carbocycles. The summed E-state index contributed by atoms with van der Waals surface area (Å²) >= 11 is 0. The van der Waals surface area contributed by atoms with Crippen molar-refractivity contribution >= 4 is 10.9 Å². The molecule has 0 amide bonds. The van der Waals surface area contributed by atoms with Crippen LogP contribution in [-0.2, 0) is 0 Å². The Morgan fingerprint density at radius 1 is 0.739 bits per heavy atom. The van der Waals surface area contributed by atoms with Gasteiger partial charge < -0.3 is 4.57 Å². The van der Waals surface area contributed by atoms with Gasteiger partial charge in [0.1, 0.15) is 0 Å². The fraction of sp³-hybridized carbons (Fsp3) is 0.0952. The largest absolute Gasteiger partial charge is 0.316 e. The van der Waals surface area contributed by atoms with E-state index in [0.29, 0.717) is 0 Å². The molecule has 4 rings (SSSR count). The van der Waals surface area contributed by atoms with Crippen LogP contribution in [0.1, 0.15) is 11.4 Å². The lowest BCUT2D eigenvalue weighted by Crippen LogP contribution is -2.01. The maximum absolute atomic E-state index is 4.68. The molecule has 0 N–H and O–H groups in total. The lowest BCUT2D eigenvalue weighted by molar-refractivity contribution is 0.970. The summed E-state index contributed by atoms with van der Waals surface area (Å²) in [6.45, 7) is 4.26. The van der Waals surface area contributed by atoms with E-state index in [-0.39, 0.29) is 0 Å². The van der Waals surface area contributed by atoms with Crippen molar-refractivity contribution < 1.29 is 0 Å². The van der Waals surface area contributed by atoms with Crippen molar-refractivity contribution in [1.29, 1.82) is 0 Å². The molecule has 0 atom stereocenters. The Morgan fingerprint density at radius 2 is 1.48 bits per heavy atom. The minimum absolute atomic E-state index is 1.04. The molecule has 0 spiro atoms. The summed E-state index contributed by atoms with van der Waals surface area (Å²) in [6.07, 6.45) is 1.91. The van der Waals surface area contributed by atoms with Gasteiger partial charge in [0.25, 0.3) is 0 Å². The van der Waals surface area contributed by atoms with E-state index in [0.717, 1.165) is 11.2 Å². The summed E-state index contributed by atoms with van der Waals surface area (Å²) in [4.78, 5) is 4.68. The summed E-state index contributed by atoms with van der Waals surface area (Å²) in [5.41, 5.74) is 7.07. The third-order valence-electron chi connectivity index (χ3n) is 4.35. The molecule has 2 nitrogen and oxygen atoms in total. The second-order valence-corrected chi connectivity index (χ2v) is 5.85. The van der Waals surface area contributed by atoms with Crippen LogP contribution in [0.5, 0.6) is 0 Å². The van der Waals surface area contributed by atoms with E-state index in [1.54, 1.807) is 0 Å². The number of nitrogens with zero attached hydrogens (tertiary/aromatic N) is 2. The van der Waals surface area contributed by atoms with E-state index in [4.69, 9.17) is 0 Å². The molecule has 2 aromatic heterocycles. The number of para-hydroxylation sites is 1. The maximum Gasteiger partial charge on any atom is 0.0948 e. The van der Waals surface area contributed by atoms with Crippen molar-refractivity contribution in [1.82, 2.24) is 9.55 Å². The summed E-state index contributed by atoms with van der Waals surface area (Å²) in [5.74, 6) is 0. The first-order chi connectivity index (χ1) is 11.3. The Hall–Kier alpha value is -2.87. The Kier molecular flexibility index (Phi) is 3.23. The molecule has 4 aromatic rings. The van der Waals surface area contributed by atoms with Crippen molar-refractivity contribution in [3.63, 3.8) is 0 Å². The SMILES string of the molecule is Cc1ccc(C)n1-c1cccc2c(-c3ccccc3)ccnc12. The van der Waals surface area contributed by atoms with E-state index in [1.807, 2.05) is 12.3 Å². The second-order valence-electron chi connectivity index (χ2n) is 5.85. The maximum atomic E-state index is 4.68. The van der Waals surface area contributed by atoms with Crippen LogP contribution in [0.2, 0.25) is 0 Å². The van der Waals surface area contributed by atoms with Crippen LogP contribution in [0, 0.1) is 13.8 Å². The number of pyridine rings is 1. The molecular weight excluding hydrogens is 280 g/mol. The van der Waals surface area contributed by atoms with Crippen LogP contribution in [0.3, 0.4) is 0 Å². The molecule has 2 heteroatoms. The molecule has 2 heterocycles. The number of rotatable bonds is 2. The van der Waals surface area contributed by atoms with Crippen LogP contribution in [0.25, 0.3) is 27.7 Å². The Bertz CT molecular complexity index is 962. The van der Waals surface area contributed by atoms with Gasteiger partial charge in [-0.15, -0.1) is 0 Å². The van der Waals surface area contributed by atoms with Crippen molar-refractivity contribution in [3.05, 3.63) is 84.3 Å². The van der Waals surface area contributed by atoms with Gasteiger partial charge >= 0.3 is 0 Å². The van der Waals surface area contributed by atoms with Crippen LogP contribution >= 0.6 is 0 Å². The third-order valence-corrected chi connectivity index (χ3v) is 4.35. The second kappa shape index (κ2) is 5.40. The number of hydrogen-bond donors (Lipinski definition) is 0. The van der Waals surface area contributed by atoms with Gasteiger partial charge in [-0.05, 0) is 49.2 Å². The quantitative estimate of drug-likeness (QED) is 0.490. The smallest absolute Gasteiger partial charge is 0.0948 e. The van der Waals surface area contributed by atoms with Crippen molar-refractivity contribution in [3.8, 4) is 16.8 Å². The van der Waals surface area contributed by atoms with E-state index in [2.05, 4.69) is 84.1 Å². The molecule has 0 saturated carbocycles. The molecule has 0 fully saturated rings. The fourth-order valence-corrected chi connectivity index (χ4v) is 3.26. The summed E-state index contributed by atoms with van der Waals surface area (Å²) < 4.78 is 2.27. The molecule has 0 aliphatic carbocycles. The first-order valence-electron chi connectivity index (χ1n) is 7.84. The number of hydrogen-bond acceptors (Lipinski definition) is 1. The number of fused-ring (bicyclic) bond motifs is 1. The highest BCUT2D eigenvalue weighted by molar-refractivity contribution is 5.98. The Balaban J connectivity index is 2.03. The van der Waals surface area contributed by atoms with Crippen LogP contribution in [0.15, 0.2) is 72.9 Å². The predicted molar refractivity (Wildman–Crippen MR) is 96.0 cm³/mol. The van der Waals surface area contributed by atoms with Gasteiger partial charge in [-0.3, -0.25) is 4.98 Å². The summed E-state index contributed by atoms with van der Waals surface area (Å²) in [6, 6.07) is 23.3. The molecule has 0 aliphatic rings. The van der Waals surface area contributed by atoms with E-state index < -0.39 is 0 Å². The lowest BCUT2D eigenvalue weighted by atomic mass is 10.0. The number of benzene rings is 2. The average molecular weight is 298 g/mol. The highest BCUT2D eigenvalue weighted by atomic mass is 15.0. The topological polar surface area (TPSA) is 17.8 Å². The van der Waals surface area contributed by atoms with Crippen molar-refractivity contribution in [2.45, 2.75) is 13.8 Å². The molecular formula is C21H18N2.